The summed E-state index contributed by atoms with van der Waals surface area (Å²) in [5.41, 5.74) is 0. The second kappa shape index (κ2) is 47.6. The van der Waals surface area contributed by atoms with E-state index < -0.39 is 13.9 Å². The lowest BCUT2D eigenvalue weighted by molar-refractivity contribution is -0.870. The SMILES string of the molecule is CC/C=C\C/C=C\C/C=C\C/C=C\C/C=C\CCCC(=O)OC(COCCCCCCCCCCCCCCC/C=C\C/C=C\C/C=C\C/C=C\CC)COP(=O)(O)OCC[N+](C)(C)C. The van der Waals surface area contributed by atoms with Crippen LogP contribution in [-0.2, 0) is 27.9 Å². The Bertz CT molecular complexity index is 1400. The number of phosphoric acid groups is 1. The van der Waals surface area contributed by atoms with Gasteiger partial charge in [-0.1, -0.05) is 194 Å². The average molecular weight is 927 g/mol. The summed E-state index contributed by atoms with van der Waals surface area (Å²) in [6.45, 7) is 5.30. The van der Waals surface area contributed by atoms with Crippen molar-refractivity contribution >= 4 is 13.8 Å². The number of nitrogens with zero attached hydrogens (tertiary/aromatic N) is 1. The number of esters is 1. The highest BCUT2D eigenvalue weighted by Crippen LogP contribution is 2.43. The zero-order valence-electron chi connectivity index (χ0n) is 42.2. The zero-order chi connectivity index (χ0) is 47.6. The summed E-state index contributed by atoms with van der Waals surface area (Å²) in [6.07, 6.45) is 67.2. The molecule has 0 aliphatic heterocycles. The van der Waals surface area contributed by atoms with Crippen molar-refractivity contribution in [3.63, 3.8) is 0 Å². The minimum Gasteiger partial charge on any atom is -0.457 e. The van der Waals surface area contributed by atoms with Crippen molar-refractivity contribution in [2.75, 3.05) is 54.1 Å². The van der Waals surface area contributed by atoms with Gasteiger partial charge >= 0.3 is 13.8 Å². The van der Waals surface area contributed by atoms with Gasteiger partial charge < -0.3 is 18.9 Å². The molecule has 0 spiro atoms. The van der Waals surface area contributed by atoms with Gasteiger partial charge in [0.1, 0.15) is 19.3 Å². The van der Waals surface area contributed by atoms with Gasteiger partial charge in [-0.05, 0) is 89.9 Å². The van der Waals surface area contributed by atoms with Gasteiger partial charge in [0.05, 0.1) is 34.4 Å². The van der Waals surface area contributed by atoms with Crippen LogP contribution in [0.3, 0.4) is 0 Å². The van der Waals surface area contributed by atoms with Crippen LogP contribution in [0.2, 0.25) is 0 Å². The largest absolute Gasteiger partial charge is 0.472 e. The van der Waals surface area contributed by atoms with Crippen LogP contribution in [0.25, 0.3) is 0 Å². The molecule has 0 aromatic rings. The Morgan fingerprint density at radius 3 is 1.26 bits per heavy atom. The number of hydrogen-bond acceptors (Lipinski definition) is 6. The lowest BCUT2D eigenvalue weighted by Crippen LogP contribution is -2.37. The summed E-state index contributed by atoms with van der Waals surface area (Å²) in [6, 6.07) is 0. The van der Waals surface area contributed by atoms with Crippen LogP contribution in [0.4, 0.5) is 0 Å². The van der Waals surface area contributed by atoms with Crippen molar-refractivity contribution in [3.8, 4) is 0 Å². The fourth-order valence-corrected chi connectivity index (χ4v) is 7.20. The summed E-state index contributed by atoms with van der Waals surface area (Å²) in [5.74, 6) is -0.373. The molecule has 0 aliphatic rings. The predicted octanol–water partition coefficient (Wildman–Crippen LogP) is 15.9. The van der Waals surface area contributed by atoms with Crippen LogP contribution in [0, 0.1) is 0 Å². The number of quaternary nitrogens is 1. The Morgan fingerprint density at radius 2 is 0.846 bits per heavy atom. The maximum Gasteiger partial charge on any atom is 0.472 e. The van der Waals surface area contributed by atoms with Crippen molar-refractivity contribution < 1.29 is 37.3 Å². The van der Waals surface area contributed by atoms with Gasteiger partial charge in [-0.3, -0.25) is 13.8 Å². The number of likely N-dealkylation sites (N-methyl/N-ethyl adjacent to an activating group) is 1. The minimum absolute atomic E-state index is 0.0721. The molecule has 0 fully saturated rings. The van der Waals surface area contributed by atoms with Crippen LogP contribution in [0.5, 0.6) is 0 Å². The molecule has 0 saturated heterocycles. The first-order chi connectivity index (χ1) is 31.6. The van der Waals surface area contributed by atoms with E-state index in [0.29, 0.717) is 24.1 Å². The number of carbonyl (C=O) groups excluding carboxylic acids is 1. The van der Waals surface area contributed by atoms with Crippen LogP contribution in [-0.4, -0.2) is 75.6 Å². The molecule has 65 heavy (non-hydrogen) atoms. The fraction of sp³-hybridized carbons (Fsp3) is 0.661. The van der Waals surface area contributed by atoms with E-state index in [0.717, 1.165) is 77.0 Å². The molecule has 0 bridgehead atoms. The second-order valence-electron chi connectivity index (χ2n) is 17.8. The molecule has 0 amide bonds. The molecule has 8 nitrogen and oxygen atoms in total. The first kappa shape index (κ1) is 62.2. The Hall–Kier alpha value is -2.84. The van der Waals surface area contributed by atoms with Crippen LogP contribution >= 0.6 is 7.82 Å². The molecular weight excluding hydrogens is 830 g/mol. The maximum atomic E-state index is 12.7. The Morgan fingerprint density at radius 1 is 0.477 bits per heavy atom. The topological polar surface area (TPSA) is 91.3 Å². The molecule has 0 aromatic carbocycles. The molecule has 0 aliphatic carbocycles. The van der Waals surface area contributed by atoms with Crippen LogP contribution in [0.15, 0.2) is 109 Å². The van der Waals surface area contributed by atoms with E-state index in [1.807, 2.05) is 21.1 Å². The van der Waals surface area contributed by atoms with Gasteiger partial charge in [0.25, 0.3) is 0 Å². The number of rotatable bonds is 46. The lowest BCUT2D eigenvalue weighted by atomic mass is 10.0. The molecule has 0 heterocycles. The van der Waals surface area contributed by atoms with E-state index in [9.17, 15) is 14.3 Å². The Balaban J connectivity index is 4.19. The first-order valence-electron chi connectivity index (χ1n) is 25.6. The highest BCUT2D eigenvalue weighted by atomic mass is 31.2. The quantitative estimate of drug-likeness (QED) is 0.0214. The van der Waals surface area contributed by atoms with Gasteiger partial charge in [0.2, 0.25) is 0 Å². The minimum atomic E-state index is -4.30. The third-order valence-electron chi connectivity index (χ3n) is 10.3. The molecule has 0 radical (unpaired) electrons. The van der Waals surface area contributed by atoms with Gasteiger partial charge in [-0.15, -0.1) is 0 Å². The van der Waals surface area contributed by atoms with E-state index in [1.165, 1.54) is 77.0 Å². The average Bonchev–Trinajstić information content (AvgIpc) is 3.27. The molecule has 0 saturated carbocycles. The molecule has 9 heteroatoms. The summed E-state index contributed by atoms with van der Waals surface area (Å²) in [5, 5.41) is 0. The summed E-state index contributed by atoms with van der Waals surface area (Å²) in [4.78, 5) is 23.0. The Kier molecular flexibility index (Phi) is 45.6. The summed E-state index contributed by atoms with van der Waals surface area (Å²) in [7, 11) is 1.62. The third-order valence-corrected chi connectivity index (χ3v) is 11.3. The Labute approximate surface area is 400 Å². The molecule has 2 unspecified atom stereocenters. The van der Waals surface area contributed by atoms with Gasteiger partial charge in [-0.2, -0.15) is 0 Å². The predicted molar refractivity (Wildman–Crippen MR) is 279 cm³/mol. The zero-order valence-corrected chi connectivity index (χ0v) is 43.1. The summed E-state index contributed by atoms with van der Waals surface area (Å²) < 4.78 is 35.1. The van der Waals surface area contributed by atoms with Crippen molar-refractivity contribution in [1.29, 1.82) is 0 Å². The number of ether oxygens (including phenoxy) is 2. The van der Waals surface area contributed by atoms with E-state index in [-0.39, 0.29) is 32.2 Å². The number of hydrogen-bond donors (Lipinski definition) is 1. The normalized spacial score (nSPS) is 14.5. The second-order valence-corrected chi connectivity index (χ2v) is 19.2. The number of unbranched alkanes of at least 4 members (excludes halogenated alkanes) is 14. The molecule has 0 rings (SSSR count). The lowest BCUT2D eigenvalue weighted by Gasteiger charge is -2.24. The standard InChI is InChI=1S/C56H96NO7P/c1-6-8-10-12-14-16-18-20-22-24-25-26-27-28-29-30-31-32-34-36-38-40-42-44-46-48-51-61-53-55(54-63-65(59,60)62-52-50-57(3,4)5)64-56(58)49-47-45-43-41-39-37-35-33-23-21-19-17-15-13-11-9-7-2/h8-11,14-17,20-23,25-26,35,37,41,43,55H,6-7,12-13,18-19,24,27-34,36,38-40,42,44-54H2,1-5H3/p+1/b10-8-,11-9-,16-14-,17-15-,22-20-,23-21-,26-25-,37-35-,43-41-. The number of allylic oxidation sites excluding steroid dienone is 18. The van der Waals surface area contributed by atoms with E-state index in [4.69, 9.17) is 18.5 Å². The highest BCUT2D eigenvalue weighted by Gasteiger charge is 2.26. The van der Waals surface area contributed by atoms with Crippen LogP contribution in [0.1, 0.15) is 181 Å². The summed E-state index contributed by atoms with van der Waals surface area (Å²) >= 11 is 0. The highest BCUT2D eigenvalue weighted by molar-refractivity contribution is 7.47. The van der Waals surface area contributed by atoms with Crippen molar-refractivity contribution in [2.24, 2.45) is 0 Å². The smallest absolute Gasteiger partial charge is 0.457 e. The molecule has 2 atom stereocenters. The van der Waals surface area contributed by atoms with Crippen LogP contribution < -0.4 is 0 Å². The molecule has 0 aromatic heterocycles. The number of phosphoric ester groups is 1. The third kappa shape index (κ3) is 52.0. The maximum absolute atomic E-state index is 12.7. The van der Waals surface area contributed by atoms with E-state index in [2.05, 4.69) is 123 Å². The molecular formula is C56H97NO7P+. The van der Waals surface area contributed by atoms with E-state index in [1.54, 1.807) is 0 Å². The van der Waals surface area contributed by atoms with Gasteiger partial charge in [0.15, 0.2) is 0 Å². The fourth-order valence-electron chi connectivity index (χ4n) is 6.46. The van der Waals surface area contributed by atoms with Crippen molar-refractivity contribution in [1.82, 2.24) is 0 Å². The number of carbonyl (C=O) groups is 1. The molecule has 372 valence electrons. The van der Waals surface area contributed by atoms with Gasteiger partial charge in [-0.25, -0.2) is 4.57 Å². The van der Waals surface area contributed by atoms with Crippen molar-refractivity contribution in [2.45, 2.75) is 187 Å². The monoisotopic (exact) mass is 927 g/mol. The van der Waals surface area contributed by atoms with Gasteiger partial charge in [0, 0.05) is 13.0 Å². The van der Waals surface area contributed by atoms with Crippen molar-refractivity contribution in [3.05, 3.63) is 109 Å². The first-order valence-corrected chi connectivity index (χ1v) is 27.1. The molecule has 1 N–H and O–H groups in total. The van der Waals surface area contributed by atoms with E-state index >= 15 is 0 Å².